The van der Waals surface area contributed by atoms with Crippen molar-refractivity contribution in [2.45, 2.75) is 111 Å². The molecule has 0 saturated carbocycles. The van der Waals surface area contributed by atoms with E-state index in [4.69, 9.17) is 5.11 Å². The Morgan fingerprint density at radius 1 is 0.840 bits per heavy atom. The number of unbranched alkanes of at least 4 members (excludes halogenated alkanes) is 10. The lowest BCUT2D eigenvalue weighted by Crippen LogP contribution is -2.34. The van der Waals surface area contributed by atoms with Gasteiger partial charge in [0.1, 0.15) is 0 Å². The third-order valence-electron chi connectivity index (χ3n) is 5.00. The predicted octanol–water partition coefficient (Wildman–Crippen LogP) is 6.43. The molecule has 25 heavy (non-hydrogen) atoms. The summed E-state index contributed by atoms with van der Waals surface area (Å²) in [5.41, 5.74) is 0.461. The Balaban J connectivity index is 4.29. The fourth-order valence-electron chi connectivity index (χ4n) is 3.25. The smallest absolute Gasteiger partial charge is 0.331 e. The lowest BCUT2D eigenvalue weighted by atomic mass is 10.1. The highest BCUT2D eigenvalue weighted by molar-refractivity contribution is 5.85. The first kappa shape index (κ1) is 24.2. The largest absolute Gasteiger partial charge is 0.478 e. The van der Waals surface area contributed by atoms with Gasteiger partial charge in [0.05, 0.1) is 0 Å². The number of nitrogens with zero attached hydrogens (tertiary/aromatic N) is 1. The summed E-state index contributed by atoms with van der Waals surface area (Å²) < 4.78 is 0. The number of carbonyl (C=O) groups is 1. The molecule has 0 bridgehead atoms. The summed E-state index contributed by atoms with van der Waals surface area (Å²) in [5, 5.41) is 9.12. The van der Waals surface area contributed by atoms with Crippen LogP contribution in [0, 0.1) is 0 Å². The molecule has 0 rings (SSSR count). The maximum absolute atomic E-state index is 11.1. The van der Waals surface area contributed by atoms with Crippen LogP contribution in [0.15, 0.2) is 11.6 Å². The van der Waals surface area contributed by atoms with E-state index in [-0.39, 0.29) is 6.04 Å². The molecule has 0 aliphatic carbocycles. The molecule has 1 atom stereocenters. The fraction of sp³-hybridized carbons (Fsp3) is 0.864. The molecular formula is C22H43NO2. The van der Waals surface area contributed by atoms with Crippen LogP contribution in [0.25, 0.3) is 0 Å². The molecule has 0 aliphatic rings. The average molecular weight is 354 g/mol. The van der Waals surface area contributed by atoms with Crippen LogP contribution < -0.4 is 0 Å². The van der Waals surface area contributed by atoms with Gasteiger partial charge in [-0.1, -0.05) is 84.1 Å². The Kier molecular flexibility index (Phi) is 16.1. The molecule has 1 unspecified atom stereocenters. The van der Waals surface area contributed by atoms with Crippen molar-refractivity contribution < 1.29 is 9.90 Å². The van der Waals surface area contributed by atoms with Crippen LogP contribution in [0.2, 0.25) is 0 Å². The van der Waals surface area contributed by atoms with E-state index in [9.17, 15) is 4.79 Å². The van der Waals surface area contributed by atoms with Crippen molar-refractivity contribution in [2.24, 2.45) is 0 Å². The molecule has 1 N–H and O–H groups in total. The summed E-state index contributed by atoms with van der Waals surface area (Å²) in [6.45, 7) is 10.5. The molecule has 3 heteroatoms. The molecule has 0 aliphatic heterocycles. The molecule has 0 heterocycles. The molecule has 0 aromatic carbocycles. The third kappa shape index (κ3) is 14.1. The van der Waals surface area contributed by atoms with Crippen molar-refractivity contribution in [3.05, 3.63) is 11.6 Å². The van der Waals surface area contributed by atoms with Gasteiger partial charge in [-0.15, -0.1) is 0 Å². The van der Waals surface area contributed by atoms with Gasteiger partial charge in [-0.25, -0.2) is 4.79 Å². The van der Waals surface area contributed by atoms with Gasteiger partial charge < -0.3 is 5.11 Å². The maximum Gasteiger partial charge on any atom is 0.331 e. The number of carboxylic acid groups (broad SMARTS) is 1. The fourth-order valence-corrected chi connectivity index (χ4v) is 3.25. The Morgan fingerprint density at radius 3 is 1.64 bits per heavy atom. The first-order valence-corrected chi connectivity index (χ1v) is 10.7. The summed E-state index contributed by atoms with van der Waals surface area (Å²) >= 11 is 0. The standard InChI is InChI=1S/C22H43NO2/c1-5-7-9-11-13-15-17-23(18-16-14-12-10-8-6-2)21(4)19-20(3)22(24)25/h19,21H,5-18H2,1-4H3,(H,24,25). The topological polar surface area (TPSA) is 40.5 Å². The number of hydrogen-bond donors (Lipinski definition) is 1. The highest BCUT2D eigenvalue weighted by Crippen LogP contribution is 2.12. The summed E-state index contributed by atoms with van der Waals surface area (Å²) in [6.07, 6.45) is 17.6. The minimum absolute atomic E-state index is 0.211. The molecule has 0 aromatic rings. The molecule has 148 valence electrons. The Morgan fingerprint density at radius 2 is 1.24 bits per heavy atom. The van der Waals surface area contributed by atoms with Crippen molar-refractivity contribution in [2.75, 3.05) is 13.1 Å². The van der Waals surface area contributed by atoms with Crippen molar-refractivity contribution >= 4 is 5.97 Å². The van der Waals surface area contributed by atoms with Crippen LogP contribution in [0.5, 0.6) is 0 Å². The SMILES string of the molecule is CCCCCCCCN(CCCCCCCC)C(C)C=C(C)C(=O)O. The monoisotopic (exact) mass is 353 g/mol. The number of carboxylic acids is 1. The summed E-state index contributed by atoms with van der Waals surface area (Å²) in [6, 6.07) is 0.211. The second-order valence-electron chi connectivity index (χ2n) is 7.47. The van der Waals surface area contributed by atoms with Gasteiger partial charge in [-0.2, -0.15) is 0 Å². The van der Waals surface area contributed by atoms with Crippen molar-refractivity contribution in [3.63, 3.8) is 0 Å². The van der Waals surface area contributed by atoms with E-state index in [2.05, 4.69) is 25.7 Å². The summed E-state index contributed by atoms with van der Waals surface area (Å²) in [4.78, 5) is 13.6. The van der Waals surface area contributed by atoms with Gasteiger partial charge in [0.15, 0.2) is 0 Å². The van der Waals surface area contributed by atoms with E-state index in [1.165, 1.54) is 77.0 Å². The molecule has 0 radical (unpaired) electrons. The zero-order valence-corrected chi connectivity index (χ0v) is 17.4. The minimum atomic E-state index is -0.800. The van der Waals surface area contributed by atoms with Crippen molar-refractivity contribution in [1.29, 1.82) is 0 Å². The van der Waals surface area contributed by atoms with Crippen LogP contribution in [-0.2, 0) is 4.79 Å². The van der Waals surface area contributed by atoms with E-state index in [1.807, 2.05) is 6.08 Å². The van der Waals surface area contributed by atoms with Gasteiger partial charge in [-0.3, -0.25) is 4.90 Å². The summed E-state index contributed by atoms with van der Waals surface area (Å²) in [7, 11) is 0. The lowest BCUT2D eigenvalue weighted by Gasteiger charge is -2.27. The predicted molar refractivity (Wildman–Crippen MR) is 109 cm³/mol. The van der Waals surface area contributed by atoms with Crippen LogP contribution in [0.4, 0.5) is 0 Å². The Hall–Kier alpha value is -0.830. The molecular weight excluding hydrogens is 310 g/mol. The summed E-state index contributed by atoms with van der Waals surface area (Å²) in [5.74, 6) is -0.800. The van der Waals surface area contributed by atoms with Gasteiger partial charge in [-0.05, 0) is 39.8 Å². The Bertz CT molecular complexity index is 336. The van der Waals surface area contributed by atoms with E-state index in [0.717, 1.165) is 13.1 Å². The van der Waals surface area contributed by atoms with Crippen LogP contribution in [-0.4, -0.2) is 35.1 Å². The van der Waals surface area contributed by atoms with Gasteiger partial charge in [0.2, 0.25) is 0 Å². The van der Waals surface area contributed by atoms with Crippen molar-refractivity contribution in [3.8, 4) is 0 Å². The van der Waals surface area contributed by atoms with E-state index in [1.54, 1.807) is 6.92 Å². The number of aliphatic carboxylic acids is 1. The normalized spacial score (nSPS) is 13.4. The van der Waals surface area contributed by atoms with Gasteiger partial charge >= 0.3 is 5.97 Å². The highest BCUT2D eigenvalue weighted by Gasteiger charge is 2.13. The van der Waals surface area contributed by atoms with E-state index < -0.39 is 5.97 Å². The first-order chi connectivity index (χ1) is 12.0. The molecule has 0 aromatic heterocycles. The second-order valence-corrected chi connectivity index (χ2v) is 7.47. The van der Waals surface area contributed by atoms with Crippen LogP contribution >= 0.6 is 0 Å². The molecule has 0 spiro atoms. The first-order valence-electron chi connectivity index (χ1n) is 10.7. The second kappa shape index (κ2) is 16.6. The average Bonchev–Trinajstić information content (AvgIpc) is 2.58. The molecule has 3 nitrogen and oxygen atoms in total. The third-order valence-corrected chi connectivity index (χ3v) is 5.00. The van der Waals surface area contributed by atoms with E-state index in [0.29, 0.717) is 5.57 Å². The zero-order chi connectivity index (χ0) is 18.9. The van der Waals surface area contributed by atoms with Gasteiger partial charge in [0, 0.05) is 11.6 Å². The van der Waals surface area contributed by atoms with Crippen molar-refractivity contribution in [1.82, 2.24) is 4.90 Å². The van der Waals surface area contributed by atoms with Crippen LogP contribution in [0.3, 0.4) is 0 Å². The number of rotatable bonds is 17. The lowest BCUT2D eigenvalue weighted by molar-refractivity contribution is -0.132. The minimum Gasteiger partial charge on any atom is -0.478 e. The van der Waals surface area contributed by atoms with Gasteiger partial charge in [0.25, 0.3) is 0 Å². The zero-order valence-electron chi connectivity index (χ0n) is 17.4. The molecule has 0 fully saturated rings. The maximum atomic E-state index is 11.1. The quantitative estimate of drug-likeness (QED) is 0.242. The number of hydrogen-bond acceptors (Lipinski definition) is 2. The highest BCUT2D eigenvalue weighted by atomic mass is 16.4. The van der Waals surface area contributed by atoms with Crippen LogP contribution in [0.1, 0.15) is 105 Å². The molecule has 0 amide bonds. The Labute approximate surface area is 156 Å². The van der Waals surface area contributed by atoms with E-state index >= 15 is 0 Å². The molecule has 0 saturated heterocycles.